The highest BCUT2D eigenvalue weighted by atomic mass is 16.5. The van der Waals surface area contributed by atoms with E-state index in [0.717, 1.165) is 25.9 Å². The molecule has 0 amide bonds. The molecule has 0 saturated carbocycles. The average Bonchev–Trinajstić information content (AvgIpc) is 2.60. The molecule has 1 radical (unpaired) electrons. The standard InChI is InChI=1S/C20H39O5/c1-2-23-16-17-25-19-18-24-15-13-11-9-7-5-3-4-6-8-10-12-14-20(21)22/h1-19H2,(H,21,22). The Morgan fingerprint density at radius 2 is 1.00 bits per heavy atom. The Morgan fingerprint density at radius 3 is 1.48 bits per heavy atom. The summed E-state index contributed by atoms with van der Waals surface area (Å²) in [7, 11) is 0. The zero-order valence-corrected chi connectivity index (χ0v) is 16.0. The number of unbranched alkanes of at least 4 members (excludes halogenated alkanes) is 10. The van der Waals surface area contributed by atoms with E-state index in [1.807, 2.05) is 0 Å². The van der Waals surface area contributed by atoms with Crippen LogP contribution in [0.1, 0.15) is 77.0 Å². The summed E-state index contributed by atoms with van der Waals surface area (Å²) < 4.78 is 16.0. The van der Waals surface area contributed by atoms with Gasteiger partial charge in [-0.05, 0) is 19.8 Å². The molecular formula is C20H39O5. The maximum atomic E-state index is 10.4. The fourth-order valence-corrected chi connectivity index (χ4v) is 2.61. The molecule has 0 aliphatic rings. The van der Waals surface area contributed by atoms with E-state index in [4.69, 9.17) is 19.3 Å². The molecule has 0 rings (SSSR count). The van der Waals surface area contributed by atoms with Crippen LogP contribution in [0.3, 0.4) is 0 Å². The molecule has 0 bridgehead atoms. The largest absolute Gasteiger partial charge is 0.481 e. The van der Waals surface area contributed by atoms with Crippen LogP contribution >= 0.6 is 0 Å². The normalized spacial score (nSPS) is 11.1. The lowest BCUT2D eigenvalue weighted by Gasteiger charge is -2.06. The van der Waals surface area contributed by atoms with Crippen molar-refractivity contribution in [3.63, 3.8) is 0 Å². The molecule has 0 aromatic heterocycles. The van der Waals surface area contributed by atoms with Crippen LogP contribution in [0.5, 0.6) is 0 Å². The molecule has 1 N–H and O–H groups in total. The topological polar surface area (TPSA) is 65.0 Å². The number of hydrogen-bond acceptors (Lipinski definition) is 4. The predicted molar refractivity (Wildman–Crippen MR) is 101 cm³/mol. The molecule has 5 heteroatoms. The SMILES string of the molecule is [CH2]COCCOCCOCCCCCCCCCCCCCC(=O)O. The summed E-state index contributed by atoms with van der Waals surface area (Å²) in [4.78, 5) is 10.4. The van der Waals surface area contributed by atoms with Crippen LogP contribution in [0.2, 0.25) is 0 Å². The number of carbonyl (C=O) groups is 1. The van der Waals surface area contributed by atoms with Crippen molar-refractivity contribution in [2.24, 2.45) is 0 Å². The maximum absolute atomic E-state index is 10.4. The molecule has 149 valence electrons. The number of aliphatic carboxylic acids is 1. The molecule has 0 fully saturated rings. The van der Waals surface area contributed by atoms with E-state index >= 15 is 0 Å². The number of carboxylic acids is 1. The molecule has 25 heavy (non-hydrogen) atoms. The Labute approximate surface area is 154 Å². The highest BCUT2D eigenvalue weighted by Crippen LogP contribution is 2.12. The van der Waals surface area contributed by atoms with E-state index in [0.29, 0.717) is 39.5 Å². The summed E-state index contributed by atoms with van der Waals surface area (Å²) in [6, 6.07) is 0. The lowest BCUT2D eigenvalue weighted by atomic mass is 10.1. The first-order valence-corrected chi connectivity index (χ1v) is 10.0. The molecule has 0 aromatic rings. The smallest absolute Gasteiger partial charge is 0.303 e. The van der Waals surface area contributed by atoms with E-state index in [9.17, 15) is 4.79 Å². The lowest BCUT2D eigenvalue weighted by Crippen LogP contribution is -2.09. The van der Waals surface area contributed by atoms with Gasteiger partial charge in [0.15, 0.2) is 0 Å². The van der Waals surface area contributed by atoms with Gasteiger partial charge in [-0.1, -0.05) is 57.8 Å². The molecule has 0 saturated heterocycles. The van der Waals surface area contributed by atoms with E-state index in [1.165, 1.54) is 51.4 Å². The molecule has 0 unspecified atom stereocenters. The minimum absolute atomic E-state index is 0.322. The van der Waals surface area contributed by atoms with Crippen LogP contribution < -0.4 is 0 Å². The van der Waals surface area contributed by atoms with Gasteiger partial charge in [0, 0.05) is 19.6 Å². The van der Waals surface area contributed by atoms with Gasteiger partial charge in [-0.2, -0.15) is 0 Å². The molecule has 0 spiro atoms. The summed E-state index contributed by atoms with van der Waals surface area (Å²) in [5.41, 5.74) is 0. The van der Waals surface area contributed by atoms with Crippen LogP contribution in [0.25, 0.3) is 0 Å². The van der Waals surface area contributed by atoms with Gasteiger partial charge in [-0.15, -0.1) is 0 Å². The molecular weight excluding hydrogens is 320 g/mol. The van der Waals surface area contributed by atoms with E-state index in [1.54, 1.807) is 0 Å². The maximum Gasteiger partial charge on any atom is 0.303 e. The van der Waals surface area contributed by atoms with Crippen molar-refractivity contribution in [3.05, 3.63) is 6.92 Å². The fraction of sp³-hybridized carbons (Fsp3) is 0.900. The first-order chi connectivity index (χ1) is 12.3. The van der Waals surface area contributed by atoms with Gasteiger partial charge in [0.25, 0.3) is 0 Å². The molecule has 0 aliphatic carbocycles. The summed E-state index contributed by atoms with van der Waals surface area (Å²) in [5.74, 6) is -0.672. The van der Waals surface area contributed by atoms with Crippen LogP contribution in [-0.4, -0.2) is 50.7 Å². The van der Waals surface area contributed by atoms with Gasteiger partial charge in [0.05, 0.1) is 26.4 Å². The van der Waals surface area contributed by atoms with Crippen molar-refractivity contribution in [2.75, 3.05) is 39.6 Å². The highest BCUT2D eigenvalue weighted by molar-refractivity contribution is 5.66. The Balaban J connectivity index is 2.97. The second kappa shape index (κ2) is 21.4. The van der Waals surface area contributed by atoms with Crippen molar-refractivity contribution >= 4 is 5.97 Å². The van der Waals surface area contributed by atoms with Crippen molar-refractivity contribution in [1.82, 2.24) is 0 Å². The molecule has 5 nitrogen and oxygen atoms in total. The lowest BCUT2D eigenvalue weighted by molar-refractivity contribution is -0.137. The molecule has 0 atom stereocenters. The zero-order valence-electron chi connectivity index (χ0n) is 16.0. The summed E-state index contributed by atoms with van der Waals surface area (Å²) in [6.45, 7) is 7.43. The predicted octanol–water partition coefficient (Wildman–Crippen LogP) is 4.64. The van der Waals surface area contributed by atoms with Crippen LogP contribution in [0.4, 0.5) is 0 Å². The van der Waals surface area contributed by atoms with Crippen LogP contribution in [-0.2, 0) is 19.0 Å². The summed E-state index contributed by atoms with van der Waals surface area (Å²) in [6.07, 6.45) is 13.5. The molecule has 0 aliphatic heterocycles. The highest BCUT2D eigenvalue weighted by Gasteiger charge is 1.97. The van der Waals surface area contributed by atoms with E-state index in [-0.39, 0.29) is 0 Å². The van der Waals surface area contributed by atoms with Crippen molar-refractivity contribution < 1.29 is 24.1 Å². The molecule has 0 aromatic carbocycles. The summed E-state index contributed by atoms with van der Waals surface area (Å²) in [5, 5.41) is 8.55. The van der Waals surface area contributed by atoms with Crippen LogP contribution in [0.15, 0.2) is 0 Å². The Morgan fingerprint density at radius 1 is 0.600 bits per heavy atom. The van der Waals surface area contributed by atoms with Crippen molar-refractivity contribution in [1.29, 1.82) is 0 Å². The van der Waals surface area contributed by atoms with E-state index < -0.39 is 5.97 Å². The van der Waals surface area contributed by atoms with Gasteiger partial charge < -0.3 is 19.3 Å². The Bertz CT molecular complexity index is 271. The second-order valence-corrected chi connectivity index (χ2v) is 6.37. The summed E-state index contributed by atoms with van der Waals surface area (Å²) >= 11 is 0. The minimum Gasteiger partial charge on any atom is -0.481 e. The number of carboxylic acid groups (broad SMARTS) is 1. The van der Waals surface area contributed by atoms with Crippen molar-refractivity contribution in [3.8, 4) is 0 Å². The molecule has 0 heterocycles. The van der Waals surface area contributed by atoms with Gasteiger partial charge in [0.2, 0.25) is 0 Å². The van der Waals surface area contributed by atoms with Gasteiger partial charge in [0.1, 0.15) is 0 Å². The number of hydrogen-bond donors (Lipinski definition) is 1. The Hall–Kier alpha value is -0.650. The number of ether oxygens (including phenoxy) is 3. The van der Waals surface area contributed by atoms with Gasteiger partial charge in [-0.3, -0.25) is 4.79 Å². The van der Waals surface area contributed by atoms with Gasteiger partial charge in [-0.25, -0.2) is 0 Å². The monoisotopic (exact) mass is 359 g/mol. The van der Waals surface area contributed by atoms with Gasteiger partial charge >= 0.3 is 5.97 Å². The first-order valence-electron chi connectivity index (χ1n) is 10.0. The van der Waals surface area contributed by atoms with Crippen LogP contribution in [0, 0.1) is 6.92 Å². The first kappa shape index (κ1) is 24.4. The zero-order chi connectivity index (χ0) is 18.4. The van der Waals surface area contributed by atoms with Crippen molar-refractivity contribution in [2.45, 2.75) is 77.0 Å². The van der Waals surface area contributed by atoms with E-state index in [2.05, 4.69) is 6.92 Å². The third kappa shape index (κ3) is 23.4. The average molecular weight is 360 g/mol. The third-order valence-corrected chi connectivity index (χ3v) is 4.07. The third-order valence-electron chi connectivity index (χ3n) is 4.07. The Kier molecular flexibility index (Phi) is 20.8. The quantitative estimate of drug-likeness (QED) is 0.303. The number of rotatable bonds is 21. The second-order valence-electron chi connectivity index (χ2n) is 6.37. The minimum atomic E-state index is -0.672. The fourth-order valence-electron chi connectivity index (χ4n) is 2.61.